The molecule has 0 aliphatic heterocycles. The van der Waals surface area contributed by atoms with Crippen molar-refractivity contribution < 1.29 is 0 Å². The molecule has 108 valence electrons. The Kier molecular flexibility index (Phi) is 5.35. The highest BCUT2D eigenvalue weighted by Gasteiger charge is 2.20. The Morgan fingerprint density at radius 1 is 1.25 bits per heavy atom. The molecule has 0 saturated carbocycles. The van der Waals surface area contributed by atoms with Crippen LogP contribution in [-0.2, 0) is 6.42 Å². The van der Waals surface area contributed by atoms with E-state index in [2.05, 4.69) is 67.6 Å². The molecule has 2 aromatic rings. The maximum atomic E-state index is 6.03. The van der Waals surface area contributed by atoms with E-state index in [1.807, 2.05) is 11.3 Å². The van der Waals surface area contributed by atoms with Crippen molar-refractivity contribution in [3.63, 3.8) is 0 Å². The first-order valence-corrected chi connectivity index (χ1v) is 8.00. The lowest BCUT2D eigenvalue weighted by atomic mass is 10.0. The molecule has 1 aromatic heterocycles. The van der Waals surface area contributed by atoms with E-state index in [4.69, 9.17) is 5.73 Å². The summed E-state index contributed by atoms with van der Waals surface area (Å²) in [6.07, 6.45) is 1.08. The molecule has 0 aliphatic carbocycles. The van der Waals surface area contributed by atoms with Gasteiger partial charge in [-0.3, -0.25) is 4.90 Å². The highest BCUT2D eigenvalue weighted by atomic mass is 32.1. The zero-order valence-electron chi connectivity index (χ0n) is 12.5. The van der Waals surface area contributed by atoms with Gasteiger partial charge in [0.2, 0.25) is 0 Å². The standard InChI is InChI=1S/C17H24N2S/c1-13-6-4-7-15(10-13)17(12-18)19(3)14(2)11-16-8-5-9-20-16/h4-10,14,17H,11-12,18H2,1-3H3. The lowest BCUT2D eigenvalue weighted by Gasteiger charge is -2.33. The minimum absolute atomic E-state index is 0.282. The van der Waals surface area contributed by atoms with Crippen molar-refractivity contribution in [2.75, 3.05) is 13.6 Å². The number of thiophene rings is 1. The van der Waals surface area contributed by atoms with Gasteiger partial charge in [0.1, 0.15) is 0 Å². The average molecular weight is 288 g/mol. The summed E-state index contributed by atoms with van der Waals surface area (Å²) in [5.74, 6) is 0. The van der Waals surface area contributed by atoms with E-state index < -0.39 is 0 Å². The highest BCUT2D eigenvalue weighted by Crippen LogP contribution is 2.23. The second-order valence-electron chi connectivity index (χ2n) is 5.46. The molecular formula is C17H24N2S. The summed E-state index contributed by atoms with van der Waals surface area (Å²) in [5, 5.41) is 2.14. The van der Waals surface area contributed by atoms with E-state index in [1.165, 1.54) is 16.0 Å². The second kappa shape index (κ2) is 7.02. The van der Waals surface area contributed by atoms with Crippen LogP contribution in [0.3, 0.4) is 0 Å². The molecule has 2 rings (SSSR count). The molecule has 0 spiro atoms. The number of hydrogen-bond acceptors (Lipinski definition) is 3. The van der Waals surface area contributed by atoms with Gasteiger partial charge in [0.05, 0.1) is 0 Å². The van der Waals surface area contributed by atoms with Crippen molar-refractivity contribution in [1.29, 1.82) is 0 Å². The molecule has 0 aliphatic rings. The largest absolute Gasteiger partial charge is 0.329 e. The summed E-state index contributed by atoms with van der Waals surface area (Å²) in [4.78, 5) is 3.83. The van der Waals surface area contributed by atoms with Gasteiger partial charge in [0, 0.05) is 23.5 Å². The molecule has 20 heavy (non-hydrogen) atoms. The topological polar surface area (TPSA) is 29.3 Å². The van der Waals surface area contributed by atoms with Crippen LogP contribution < -0.4 is 5.73 Å². The van der Waals surface area contributed by atoms with Crippen molar-refractivity contribution in [2.24, 2.45) is 5.73 Å². The Labute approximate surface area is 126 Å². The van der Waals surface area contributed by atoms with Crippen molar-refractivity contribution in [3.8, 4) is 0 Å². The molecule has 0 fully saturated rings. The predicted molar refractivity (Wildman–Crippen MR) is 88.2 cm³/mol. The van der Waals surface area contributed by atoms with Crippen LogP contribution >= 0.6 is 11.3 Å². The van der Waals surface area contributed by atoms with Crippen molar-refractivity contribution in [3.05, 3.63) is 57.8 Å². The monoisotopic (exact) mass is 288 g/mol. The molecule has 1 aromatic carbocycles. The van der Waals surface area contributed by atoms with Crippen LogP contribution in [-0.4, -0.2) is 24.5 Å². The predicted octanol–water partition coefficient (Wildman–Crippen LogP) is 3.62. The number of rotatable bonds is 6. The lowest BCUT2D eigenvalue weighted by molar-refractivity contribution is 0.188. The van der Waals surface area contributed by atoms with E-state index in [9.17, 15) is 0 Å². The fraction of sp³-hybridized carbons (Fsp3) is 0.412. The van der Waals surface area contributed by atoms with Gasteiger partial charge in [-0.05, 0) is 44.3 Å². The molecule has 2 atom stereocenters. The SMILES string of the molecule is Cc1cccc(C(CN)N(C)C(C)Cc2cccs2)c1. The van der Waals surface area contributed by atoms with Crippen LogP contribution in [0.25, 0.3) is 0 Å². The first kappa shape index (κ1) is 15.2. The molecular weight excluding hydrogens is 264 g/mol. The van der Waals surface area contributed by atoms with Gasteiger partial charge in [0.15, 0.2) is 0 Å². The van der Waals surface area contributed by atoms with Gasteiger partial charge in [-0.2, -0.15) is 0 Å². The molecule has 2 unspecified atom stereocenters. The molecule has 2 N–H and O–H groups in total. The average Bonchev–Trinajstić information content (AvgIpc) is 2.92. The van der Waals surface area contributed by atoms with Gasteiger partial charge < -0.3 is 5.73 Å². The van der Waals surface area contributed by atoms with E-state index in [0.717, 1.165) is 6.42 Å². The van der Waals surface area contributed by atoms with Crippen LogP contribution in [0.5, 0.6) is 0 Å². The van der Waals surface area contributed by atoms with Gasteiger partial charge in [-0.15, -0.1) is 11.3 Å². The van der Waals surface area contributed by atoms with E-state index >= 15 is 0 Å². The van der Waals surface area contributed by atoms with Gasteiger partial charge in [-0.1, -0.05) is 35.9 Å². The van der Waals surface area contributed by atoms with E-state index in [-0.39, 0.29) is 6.04 Å². The molecule has 0 amide bonds. The number of nitrogens with zero attached hydrogens (tertiary/aromatic N) is 1. The fourth-order valence-corrected chi connectivity index (χ4v) is 3.41. The number of aryl methyl sites for hydroxylation is 1. The molecule has 0 bridgehead atoms. The first-order valence-electron chi connectivity index (χ1n) is 7.12. The number of hydrogen-bond donors (Lipinski definition) is 1. The molecule has 0 saturated heterocycles. The van der Waals surface area contributed by atoms with Gasteiger partial charge in [-0.25, -0.2) is 0 Å². The summed E-state index contributed by atoms with van der Waals surface area (Å²) in [5.41, 5.74) is 8.63. The van der Waals surface area contributed by atoms with Crippen LogP contribution in [0.4, 0.5) is 0 Å². The maximum absolute atomic E-state index is 6.03. The van der Waals surface area contributed by atoms with Crippen molar-refractivity contribution in [2.45, 2.75) is 32.4 Å². The first-order chi connectivity index (χ1) is 9.61. The molecule has 1 heterocycles. The van der Waals surface area contributed by atoms with Crippen LogP contribution in [0.1, 0.15) is 29.0 Å². The third kappa shape index (κ3) is 3.69. The third-order valence-corrected chi connectivity index (χ3v) is 4.81. The van der Waals surface area contributed by atoms with E-state index in [0.29, 0.717) is 12.6 Å². The smallest absolute Gasteiger partial charge is 0.0470 e. The molecule has 0 radical (unpaired) electrons. The highest BCUT2D eigenvalue weighted by molar-refractivity contribution is 7.09. The summed E-state index contributed by atoms with van der Waals surface area (Å²) >= 11 is 1.83. The Morgan fingerprint density at radius 3 is 2.65 bits per heavy atom. The lowest BCUT2D eigenvalue weighted by Crippen LogP contribution is -2.38. The van der Waals surface area contributed by atoms with Crippen LogP contribution in [0.2, 0.25) is 0 Å². The van der Waals surface area contributed by atoms with E-state index in [1.54, 1.807) is 0 Å². The quantitative estimate of drug-likeness (QED) is 0.879. The van der Waals surface area contributed by atoms with Crippen molar-refractivity contribution in [1.82, 2.24) is 4.90 Å². The fourth-order valence-electron chi connectivity index (χ4n) is 2.59. The summed E-state index contributed by atoms with van der Waals surface area (Å²) in [7, 11) is 2.18. The molecule has 3 heteroatoms. The normalized spacial score (nSPS) is 14.4. The maximum Gasteiger partial charge on any atom is 0.0470 e. The van der Waals surface area contributed by atoms with Crippen molar-refractivity contribution >= 4 is 11.3 Å². The minimum Gasteiger partial charge on any atom is -0.329 e. The Hall–Kier alpha value is -1.16. The third-order valence-electron chi connectivity index (χ3n) is 3.91. The molecule has 2 nitrogen and oxygen atoms in total. The summed E-state index contributed by atoms with van der Waals surface area (Å²) in [6, 6.07) is 13.8. The van der Waals surface area contributed by atoms with Gasteiger partial charge >= 0.3 is 0 Å². The van der Waals surface area contributed by atoms with Crippen LogP contribution in [0, 0.1) is 6.92 Å². The number of nitrogens with two attached hydrogens (primary N) is 1. The van der Waals surface area contributed by atoms with Crippen LogP contribution in [0.15, 0.2) is 41.8 Å². The number of benzene rings is 1. The Balaban J connectivity index is 2.10. The second-order valence-corrected chi connectivity index (χ2v) is 6.50. The summed E-state index contributed by atoms with van der Waals surface area (Å²) < 4.78 is 0. The minimum atomic E-state index is 0.282. The zero-order valence-corrected chi connectivity index (χ0v) is 13.4. The summed E-state index contributed by atoms with van der Waals surface area (Å²) in [6.45, 7) is 5.05. The Bertz CT molecular complexity index is 522. The number of likely N-dealkylation sites (N-methyl/N-ethyl adjacent to an activating group) is 1. The Morgan fingerprint density at radius 2 is 2.05 bits per heavy atom. The zero-order chi connectivity index (χ0) is 14.5. The van der Waals surface area contributed by atoms with Gasteiger partial charge in [0.25, 0.3) is 0 Å².